The summed E-state index contributed by atoms with van der Waals surface area (Å²) in [6.45, 7) is 1.10. The first-order valence-corrected chi connectivity index (χ1v) is 8.48. The van der Waals surface area contributed by atoms with E-state index in [1.807, 2.05) is 36.4 Å². The van der Waals surface area contributed by atoms with Gasteiger partial charge in [0.05, 0.1) is 0 Å². The Hall–Kier alpha value is -2.69. The van der Waals surface area contributed by atoms with Crippen LogP contribution in [0.2, 0.25) is 0 Å². The number of carbonyl (C=O) groups is 2. The summed E-state index contributed by atoms with van der Waals surface area (Å²) in [7, 11) is 0. The molecule has 1 fully saturated rings. The van der Waals surface area contributed by atoms with Gasteiger partial charge in [0.2, 0.25) is 11.8 Å². The highest BCUT2D eigenvalue weighted by atomic mass is 19.1. The molecule has 2 amide bonds. The quantitative estimate of drug-likeness (QED) is 0.879. The number of carbonyl (C=O) groups excluding carboxylic acids is 2. The molecule has 1 aliphatic heterocycles. The van der Waals surface area contributed by atoms with E-state index in [0.29, 0.717) is 32.4 Å². The van der Waals surface area contributed by atoms with Crippen molar-refractivity contribution < 1.29 is 14.0 Å². The van der Waals surface area contributed by atoms with E-state index in [1.165, 1.54) is 12.1 Å². The highest BCUT2D eigenvalue weighted by Crippen LogP contribution is 2.24. The minimum absolute atomic E-state index is 0.0742. The molecular weight excluding hydrogens is 319 g/mol. The molecule has 5 heteroatoms. The molecule has 4 nitrogen and oxygen atoms in total. The Kier molecular flexibility index (Phi) is 5.43. The van der Waals surface area contributed by atoms with E-state index in [1.54, 1.807) is 11.0 Å². The second-order valence-electron chi connectivity index (χ2n) is 6.34. The molecule has 2 aromatic rings. The smallest absolute Gasteiger partial charge is 0.227 e. The van der Waals surface area contributed by atoms with Crippen molar-refractivity contribution in [3.8, 4) is 0 Å². The average Bonchev–Trinajstić information content (AvgIpc) is 3.00. The number of hydrogen-bond donors (Lipinski definition) is 1. The molecule has 0 radical (unpaired) electrons. The Bertz CT molecular complexity index is 748. The van der Waals surface area contributed by atoms with Crippen LogP contribution in [-0.2, 0) is 16.0 Å². The van der Waals surface area contributed by atoms with Crippen LogP contribution in [0.1, 0.15) is 18.4 Å². The second kappa shape index (κ2) is 7.92. The second-order valence-corrected chi connectivity index (χ2v) is 6.34. The summed E-state index contributed by atoms with van der Waals surface area (Å²) in [4.78, 5) is 25.9. The molecule has 1 atom stereocenters. The van der Waals surface area contributed by atoms with Gasteiger partial charge in [0.25, 0.3) is 0 Å². The summed E-state index contributed by atoms with van der Waals surface area (Å²) in [5.41, 5.74) is 1.70. The molecule has 130 valence electrons. The zero-order chi connectivity index (χ0) is 17.6. The molecule has 0 aromatic heterocycles. The van der Waals surface area contributed by atoms with E-state index in [2.05, 4.69) is 5.32 Å². The van der Waals surface area contributed by atoms with Gasteiger partial charge in [-0.1, -0.05) is 30.3 Å². The SMILES string of the molecule is O=C(CCc1cccc(F)c1)NCC1CC(=O)N(c2ccccc2)C1. The first-order chi connectivity index (χ1) is 12.1. The number of anilines is 1. The zero-order valence-electron chi connectivity index (χ0n) is 14.0. The highest BCUT2D eigenvalue weighted by Gasteiger charge is 2.30. The van der Waals surface area contributed by atoms with Gasteiger partial charge in [-0.3, -0.25) is 9.59 Å². The van der Waals surface area contributed by atoms with Gasteiger partial charge in [-0.2, -0.15) is 0 Å². The van der Waals surface area contributed by atoms with E-state index < -0.39 is 0 Å². The lowest BCUT2D eigenvalue weighted by molar-refractivity contribution is -0.121. The van der Waals surface area contributed by atoms with Crippen molar-refractivity contribution in [1.29, 1.82) is 0 Å². The monoisotopic (exact) mass is 340 g/mol. The standard InChI is InChI=1S/C20H21FN2O2/c21-17-6-4-5-15(11-17)9-10-19(24)22-13-16-12-20(25)23(14-16)18-7-2-1-3-8-18/h1-8,11,16H,9-10,12-14H2,(H,22,24). The Balaban J connectivity index is 1.44. The number of benzene rings is 2. The number of para-hydroxylation sites is 1. The van der Waals surface area contributed by atoms with Gasteiger partial charge in [-0.25, -0.2) is 4.39 Å². The van der Waals surface area contributed by atoms with Gasteiger partial charge in [0.1, 0.15) is 5.82 Å². The fourth-order valence-electron chi connectivity index (χ4n) is 3.07. The molecule has 3 rings (SSSR count). The largest absolute Gasteiger partial charge is 0.356 e. The first kappa shape index (κ1) is 17.1. The molecule has 0 spiro atoms. The summed E-state index contributed by atoms with van der Waals surface area (Å²) in [5.74, 6) is -0.158. The van der Waals surface area contributed by atoms with Crippen LogP contribution in [-0.4, -0.2) is 24.9 Å². The van der Waals surface area contributed by atoms with Crippen molar-refractivity contribution in [2.75, 3.05) is 18.0 Å². The lowest BCUT2D eigenvalue weighted by Crippen LogP contribution is -2.31. The molecule has 1 N–H and O–H groups in total. The van der Waals surface area contributed by atoms with Gasteiger partial charge >= 0.3 is 0 Å². The van der Waals surface area contributed by atoms with Gasteiger partial charge in [0.15, 0.2) is 0 Å². The number of amides is 2. The Morgan fingerprint density at radius 1 is 1.16 bits per heavy atom. The van der Waals surface area contributed by atoms with E-state index >= 15 is 0 Å². The Labute approximate surface area is 146 Å². The molecular formula is C20H21FN2O2. The van der Waals surface area contributed by atoms with Crippen LogP contribution in [0.4, 0.5) is 10.1 Å². The maximum absolute atomic E-state index is 13.1. The molecule has 1 aliphatic rings. The number of halogens is 1. The Morgan fingerprint density at radius 3 is 2.72 bits per heavy atom. The van der Waals surface area contributed by atoms with Crippen LogP contribution >= 0.6 is 0 Å². The topological polar surface area (TPSA) is 49.4 Å². The number of hydrogen-bond acceptors (Lipinski definition) is 2. The van der Waals surface area contributed by atoms with Crippen LogP contribution in [0.15, 0.2) is 54.6 Å². The molecule has 25 heavy (non-hydrogen) atoms. The number of aryl methyl sites for hydroxylation is 1. The van der Waals surface area contributed by atoms with Gasteiger partial charge < -0.3 is 10.2 Å². The van der Waals surface area contributed by atoms with Crippen molar-refractivity contribution >= 4 is 17.5 Å². The summed E-state index contributed by atoms with van der Waals surface area (Å²) in [6.07, 6.45) is 1.26. The summed E-state index contributed by atoms with van der Waals surface area (Å²) >= 11 is 0. The summed E-state index contributed by atoms with van der Waals surface area (Å²) in [6, 6.07) is 15.8. The van der Waals surface area contributed by atoms with Crippen LogP contribution in [0.3, 0.4) is 0 Å². The van der Waals surface area contributed by atoms with E-state index in [4.69, 9.17) is 0 Å². The third-order valence-corrected chi connectivity index (χ3v) is 4.39. The first-order valence-electron chi connectivity index (χ1n) is 8.48. The number of nitrogens with zero attached hydrogens (tertiary/aromatic N) is 1. The molecule has 0 aliphatic carbocycles. The van der Waals surface area contributed by atoms with Crippen molar-refractivity contribution in [2.24, 2.45) is 5.92 Å². The molecule has 1 unspecified atom stereocenters. The fourth-order valence-corrected chi connectivity index (χ4v) is 3.07. The van der Waals surface area contributed by atoms with Gasteiger partial charge in [-0.05, 0) is 36.2 Å². The maximum Gasteiger partial charge on any atom is 0.227 e. The molecule has 1 heterocycles. The average molecular weight is 340 g/mol. The molecule has 0 saturated carbocycles. The fraction of sp³-hybridized carbons (Fsp3) is 0.300. The van der Waals surface area contributed by atoms with E-state index in [9.17, 15) is 14.0 Å². The van der Waals surface area contributed by atoms with Crippen LogP contribution in [0.25, 0.3) is 0 Å². The minimum Gasteiger partial charge on any atom is -0.356 e. The zero-order valence-corrected chi connectivity index (χ0v) is 14.0. The highest BCUT2D eigenvalue weighted by molar-refractivity contribution is 5.95. The van der Waals surface area contributed by atoms with Crippen molar-refractivity contribution in [1.82, 2.24) is 5.32 Å². The normalized spacial score (nSPS) is 16.9. The van der Waals surface area contributed by atoms with Crippen molar-refractivity contribution in [2.45, 2.75) is 19.3 Å². The molecule has 0 bridgehead atoms. The lowest BCUT2D eigenvalue weighted by atomic mass is 10.1. The predicted molar refractivity (Wildman–Crippen MR) is 94.6 cm³/mol. The van der Waals surface area contributed by atoms with E-state index in [-0.39, 0.29) is 23.5 Å². The molecule has 1 saturated heterocycles. The summed E-state index contributed by atoms with van der Waals surface area (Å²) in [5, 5.41) is 2.89. The third-order valence-electron chi connectivity index (χ3n) is 4.39. The number of nitrogens with one attached hydrogen (secondary N) is 1. The Morgan fingerprint density at radius 2 is 1.96 bits per heavy atom. The minimum atomic E-state index is -0.289. The molecule has 2 aromatic carbocycles. The van der Waals surface area contributed by atoms with Gasteiger partial charge in [0, 0.05) is 37.5 Å². The van der Waals surface area contributed by atoms with Crippen LogP contribution in [0, 0.1) is 11.7 Å². The third kappa shape index (κ3) is 4.66. The summed E-state index contributed by atoms with van der Waals surface area (Å²) < 4.78 is 13.1. The van der Waals surface area contributed by atoms with Crippen LogP contribution < -0.4 is 10.2 Å². The maximum atomic E-state index is 13.1. The van der Waals surface area contributed by atoms with Crippen molar-refractivity contribution in [3.63, 3.8) is 0 Å². The van der Waals surface area contributed by atoms with Gasteiger partial charge in [-0.15, -0.1) is 0 Å². The van der Waals surface area contributed by atoms with E-state index in [0.717, 1.165) is 11.3 Å². The lowest BCUT2D eigenvalue weighted by Gasteiger charge is -2.16. The predicted octanol–water partition coefficient (Wildman–Crippen LogP) is 2.93. The number of rotatable bonds is 6. The van der Waals surface area contributed by atoms with Crippen molar-refractivity contribution in [3.05, 3.63) is 66.0 Å². The van der Waals surface area contributed by atoms with Crippen LogP contribution in [0.5, 0.6) is 0 Å².